The van der Waals surface area contributed by atoms with E-state index in [1.54, 1.807) is 16.7 Å². The number of fused-ring (bicyclic) bond motifs is 1. The van der Waals surface area contributed by atoms with Gasteiger partial charge in [0.05, 0.1) is 11.8 Å². The van der Waals surface area contributed by atoms with Gasteiger partial charge in [0.25, 0.3) is 5.56 Å². The van der Waals surface area contributed by atoms with Crippen molar-refractivity contribution < 1.29 is 5.11 Å². The summed E-state index contributed by atoms with van der Waals surface area (Å²) in [5.74, 6) is 0. The van der Waals surface area contributed by atoms with E-state index in [-0.39, 0.29) is 5.56 Å². The van der Waals surface area contributed by atoms with Gasteiger partial charge in [0, 0.05) is 30.7 Å². The minimum atomic E-state index is -0.558. The molecule has 0 fully saturated rings. The van der Waals surface area contributed by atoms with Crippen LogP contribution >= 0.6 is 11.3 Å². The maximum absolute atomic E-state index is 12.1. The first-order valence-corrected chi connectivity index (χ1v) is 8.87. The maximum atomic E-state index is 12.1. The Hall–Kier alpha value is -2.02. The number of hydrogen-bond acceptors (Lipinski definition) is 5. The molecule has 5 nitrogen and oxygen atoms in total. The number of hydrogen-bond donors (Lipinski definition) is 1. The van der Waals surface area contributed by atoms with Gasteiger partial charge in [0.2, 0.25) is 0 Å². The van der Waals surface area contributed by atoms with E-state index in [2.05, 4.69) is 9.88 Å². The Bertz CT molecular complexity index is 870. The van der Waals surface area contributed by atoms with Gasteiger partial charge in [-0.1, -0.05) is 36.8 Å². The topological polar surface area (TPSA) is 57.8 Å². The molecule has 0 aliphatic carbocycles. The molecule has 1 atom stereocenters. The molecule has 0 saturated carbocycles. The first-order chi connectivity index (χ1) is 11.6. The molecule has 1 aromatic carbocycles. The van der Waals surface area contributed by atoms with Crippen LogP contribution in [0, 0.1) is 6.92 Å². The number of nitrogens with zero attached hydrogens (tertiary/aromatic N) is 3. The number of likely N-dealkylation sites (N-methyl/N-ethyl adjacent to an activating group) is 1. The monoisotopic (exact) mass is 343 g/mol. The van der Waals surface area contributed by atoms with Crippen LogP contribution in [0.5, 0.6) is 0 Å². The van der Waals surface area contributed by atoms with Crippen molar-refractivity contribution in [1.82, 2.24) is 14.3 Å². The predicted molar refractivity (Wildman–Crippen MR) is 96.4 cm³/mol. The molecule has 2 aromatic heterocycles. The van der Waals surface area contributed by atoms with E-state index in [0.29, 0.717) is 18.1 Å². The Labute approximate surface area is 144 Å². The Morgan fingerprint density at radius 1 is 1.33 bits per heavy atom. The Balaban J connectivity index is 1.73. The zero-order chi connectivity index (χ0) is 17.1. The lowest BCUT2D eigenvalue weighted by molar-refractivity contribution is 0.111. The average Bonchev–Trinajstić information content (AvgIpc) is 3.03. The van der Waals surface area contributed by atoms with Gasteiger partial charge >= 0.3 is 0 Å². The van der Waals surface area contributed by atoms with E-state index in [9.17, 15) is 9.90 Å². The molecule has 126 valence electrons. The highest BCUT2D eigenvalue weighted by Crippen LogP contribution is 2.16. The summed E-state index contributed by atoms with van der Waals surface area (Å²) >= 11 is 1.45. The normalized spacial score (nSPS) is 12.8. The molecular formula is C18H21N3O2S. The summed E-state index contributed by atoms with van der Waals surface area (Å²) in [7, 11) is 0. The number of rotatable bonds is 6. The molecule has 2 heterocycles. The number of aliphatic hydroxyl groups excluding tert-OH is 1. The number of aliphatic hydroxyl groups is 1. The van der Waals surface area contributed by atoms with Gasteiger partial charge in [0.15, 0.2) is 4.96 Å². The molecule has 3 rings (SSSR count). The van der Waals surface area contributed by atoms with Crippen molar-refractivity contribution in [3.8, 4) is 0 Å². The molecule has 0 saturated heterocycles. The lowest BCUT2D eigenvalue weighted by Gasteiger charge is -2.23. The molecule has 1 N–H and O–H groups in total. The lowest BCUT2D eigenvalue weighted by Crippen LogP contribution is -2.29. The molecule has 3 aromatic rings. The van der Waals surface area contributed by atoms with E-state index in [0.717, 1.165) is 17.8 Å². The second-order valence-electron chi connectivity index (χ2n) is 5.90. The third kappa shape index (κ3) is 3.72. The van der Waals surface area contributed by atoms with E-state index in [1.807, 2.05) is 43.5 Å². The first kappa shape index (κ1) is 16.8. The number of thiazole rings is 1. The van der Waals surface area contributed by atoms with Gasteiger partial charge in [0.1, 0.15) is 0 Å². The van der Waals surface area contributed by atoms with Gasteiger partial charge in [-0.05, 0) is 19.0 Å². The van der Waals surface area contributed by atoms with Crippen LogP contribution in [0.25, 0.3) is 4.96 Å². The second-order valence-corrected chi connectivity index (χ2v) is 6.77. The van der Waals surface area contributed by atoms with E-state index < -0.39 is 6.10 Å². The zero-order valence-electron chi connectivity index (χ0n) is 13.8. The van der Waals surface area contributed by atoms with Crippen LogP contribution in [-0.4, -0.2) is 32.5 Å². The highest BCUT2D eigenvalue weighted by molar-refractivity contribution is 7.15. The summed E-state index contributed by atoms with van der Waals surface area (Å²) in [5, 5.41) is 12.3. The van der Waals surface area contributed by atoms with Gasteiger partial charge in [-0.2, -0.15) is 0 Å². The molecule has 1 unspecified atom stereocenters. The molecule has 0 aliphatic heterocycles. The van der Waals surface area contributed by atoms with Gasteiger partial charge < -0.3 is 5.11 Å². The van der Waals surface area contributed by atoms with Crippen molar-refractivity contribution in [2.75, 3.05) is 13.1 Å². The molecule has 6 heteroatoms. The number of aryl methyl sites for hydroxylation is 1. The summed E-state index contributed by atoms with van der Waals surface area (Å²) in [5.41, 5.74) is 2.75. The van der Waals surface area contributed by atoms with E-state index >= 15 is 0 Å². The molecule has 0 spiro atoms. The molecular weight excluding hydrogens is 322 g/mol. The van der Waals surface area contributed by atoms with Crippen molar-refractivity contribution in [1.29, 1.82) is 0 Å². The Morgan fingerprint density at radius 2 is 2.08 bits per heavy atom. The highest BCUT2D eigenvalue weighted by Gasteiger charge is 2.14. The molecule has 0 amide bonds. The summed E-state index contributed by atoms with van der Waals surface area (Å²) in [6, 6.07) is 9.48. The van der Waals surface area contributed by atoms with Crippen molar-refractivity contribution in [3.05, 3.63) is 69.1 Å². The minimum absolute atomic E-state index is 0.0635. The summed E-state index contributed by atoms with van der Waals surface area (Å²) in [4.78, 5) is 19.4. The Kier molecular flexibility index (Phi) is 5.08. The van der Waals surface area contributed by atoms with Crippen molar-refractivity contribution >= 4 is 16.3 Å². The standard InChI is InChI=1S/C18H21N3O2S/c1-3-20(12-16(22)14-6-4-13(2)5-7-14)11-15-10-17(23)21-8-9-24-18(21)19-15/h4-10,16,22H,3,11-12H2,1-2H3. The van der Waals surface area contributed by atoms with Crippen LogP contribution in [0.3, 0.4) is 0 Å². The third-order valence-corrected chi connectivity index (χ3v) is 4.84. The lowest BCUT2D eigenvalue weighted by atomic mass is 10.1. The third-order valence-electron chi connectivity index (χ3n) is 4.08. The Morgan fingerprint density at radius 3 is 2.79 bits per heavy atom. The van der Waals surface area contributed by atoms with Gasteiger partial charge in [-0.25, -0.2) is 4.98 Å². The average molecular weight is 343 g/mol. The van der Waals surface area contributed by atoms with Gasteiger partial charge in [-0.3, -0.25) is 14.1 Å². The van der Waals surface area contributed by atoms with Crippen LogP contribution in [-0.2, 0) is 6.54 Å². The SMILES string of the molecule is CCN(Cc1cc(=O)n2ccsc2n1)CC(O)c1ccc(C)cc1. The van der Waals surface area contributed by atoms with Gasteiger partial charge in [-0.15, -0.1) is 11.3 Å². The van der Waals surface area contributed by atoms with Crippen molar-refractivity contribution in [2.24, 2.45) is 0 Å². The first-order valence-electron chi connectivity index (χ1n) is 7.99. The molecule has 24 heavy (non-hydrogen) atoms. The zero-order valence-corrected chi connectivity index (χ0v) is 14.7. The quantitative estimate of drug-likeness (QED) is 0.747. The highest BCUT2D eigenvalue weighted by atomic mass is 32.1. The van der Waals surface area contributed by atoms with E-state index in [1.165, 1.54) is 16.9 Å². The van der Waals surface area contributed by atoms with Crippen LogP contribution in [0.2, 0.25) is 0 Å². The fourth-order valence-corrected chi connectivity index (χ4v) is 3.38. The fourth-order valence-electron chi connectivity index (χ4n) is 2.64. The second kappa shape index (κ2) is 7.25. The van der Waals surface area contributed by atoms with Crippen LogP contribution in [0.4, 0.5) is 0 Å². The van der Waals surface area contributed by atoms with Crippen molar-refractivity contribution in [2.45, 2.75) is 26.5 Å². The molecule has 0 aliphatic rings. The number of benzene rings is 1. The minimum Gasteiger partial charge on any atom is -0.387 e. The smallest absolute Gasteiger partial charge is 0.258 e. The largest absolute Gasteiger partial charge is 0.387 e. The van der Waals surface area contributed by atoms with E-state index in [4.69, 9.17) is 0 Å². The van der Waals surface area contributed by atoms with Crippen molar-refractivity contribution in [3.63, 3.8) is 0 Å². The number of aromatic nitrogens is 2. The summed E-state index contributed by atoms with van der Waals surface area (Å²) in [6.45, 7) is 5.89. The summed E-state index contributed by atoms with van der Waals surface area (Å²) in [6.07, 6.45) is 1.18. The van der Waals surface area contributed by atoms with Crippen LogP contribution < -0.4 is 5.56 Å². The van der Waals surface area contributed by atoms with Crippen LogP contribution in [0.15, 0.2) is 46.7 Å². The molecule has 0 bridgehead atoms. The summed E-state index contributed by atoms with van der Waals surface area (Å²) < 4.78 is 1.55. The fraction of sp³-hybridized carbons (Fsp3) is 0.333. The predicted octanol–water partition coefficient (Wildman–Crippen LogP) is 2.62. The maximum Gasteiger partial charge on any atom is 0.258 e. The van der Waals surface area contributed by atoms with Crippen LogP contribution in [0.1, 0.15) is 29.8 Å². The molecule has 0 radical (unpaired) electrons.